The number of hydrogen-bond donors (Lipinski definition) is 3. The molecular formula is C17H35N3O. The lowest BCUT2D eigenvalue weighted by molar-refractivity contribution is -0.00698. The van der Waals surface area contributed by atoms with Crippen LogP contribution >= 0.6 is 0 Å². The van der Waals surface area contributed by atoms with Crippen molar-refractivity contribution in [3.05, 3.63) is 0 Å². The van der Waals surface area contributed by atoms with Gasteiger partial charge in [-0.15, -0.1) is 0 Å². The molecule has 0 aromatic rings. The third-order valence-corrected chi connectivity index (χ3v) is 3.92. The van der Waals surface area contributed by atoms with Crippen molar-refractivity contribution in [1.29, 1.82) is 0 Å². The van der Waals surface area contributed by atoms with Gasteiger partial charge in [0.25, 0.3) is 0 Å². The van der Waals surface area contributed by atoms with E-state index in [2.05, 4.69) is 64.1 Å². The summed E-state index contributed by atoms with van der Waals surface area (Å²) in [6.07, 6.45) is 2.70. The second-order valence-corrected chi connectivity index (χ2v) is 8.44. The number of guanidine groups is 1. The third kappa shape index (κ3) is 6.68. The molecule has 1 aliphatic carbocycles. The lowest BCUT2D eigenvalue weighted by Crippen LogP contribution is -2.49. The summed E-state index contributed by atoms with van der Waals surface area (Å²) in [5.41, 5.74) is 0.312. The van der Waals surface area contributed by atoms with Crippen LogP contribution in [0, 0.1) is 10.8 Å². The molecule has 21 heavy (non-hydrogen) atoms. The molecule has 0 bridgehead atoms. The molecule has 0 aromatic carbocycles. The first-order valence-corrected chi connectivity index (χ1v) is 8.28. The lowest BCUT2D eigenvalue weighted by Gasteiger charge is -2.45. The smallest absolute Gasteiger partial charge is 0.191 e. The van der Waals surface area contributed by atoms with Gasteiger partial charge in [0.05, 0.1) is 6.10 Å². The van der Waals surface area contributed by atoms with Gasteiger partial charge < -0.3 is 15.7 Å². The number of aliphatic imine (C=N–C) groups is 1. The van der Waals surface area contributed by atoms with Crippen LogP contribution in [-0.4, -0.2) is 35.8 Å². The number of aliphatic hydroxyl groups excluding tert-OH is 1. The first kappa shape index (κ1) is 18.3. The number of hydrogen-bond acceptors (Lipinski definition) is 2. The van der Waals surface area contributed by atoms with E-state index in [9.17, 15) is 5.11 Å². The minimum Gasteiger partial charge on any atom is -0.393 e. The molecule has 0 amide bonds. The van der Waals surface area contributed by atoms with Crippen molar-refractivity contribution in [2.24, 2.45) is 15.8 Å². The molecule has 124 valence electrons. The van der Waals surface area contributed by atoms with Gasteiger partial charge in [0.15, 0.2) is 5.96 Å². The van der Waals surface area contributed by atoms with E-state index in [0.29, 0.717) is 6.04 Å². The second-order valence-electron chi connectivity index (χ2n) is 8.44. The Morgan fingerprint density at radius 2 is 1.81 bits per heavy atom. The Balaban J connectivity index is 2.69. The van der Waals surface area contributed by atoms with Gasteiger partial charge >= 0.3 is 0 Å². The second kappa shape index (κ2) is 6.99. The normalized spacial score (nSPS) is 29.8. The highest BCUT2D eigenvalue weighted by molar-refractivity contribution is 5.80. The Morgan fingerprint density at radius 3 is 2.29 bits per heavy atom. The van der Waals surface area contributed by atoms with E-state index in [1.165, 1.54) is 0 Å². The summed E-state index contributed by atoms with van der Waals surface area (Å²) in [5.74, 6) is 0.874. The standard InChI is InChI=1S/C17H35N3O/c1-12(2)19-15(20-13(3)4)18-11-17(7)9-14(21)8-16(5,6)10-17/h12-14,21H,8-11H2,1-7H3,(H2,18,19,20). The van der Waals surface area contributed by atoms with E-state index in [1.807, 2.05) is 0 Å². The summed E-state index contributed by atoms with van der Waals surface area (Å²) in [7, 11) is 0. The largest absolute Gasteiger partial charge is 0.393 e. The van der Waals surface area contributed by atoms with Crippen LogP contribution in [0.2, 0.25) is 0 Å². The van der Waals surface area contributed by atoms with Crippen LogP contribution in [0.3, 0.4) is 0 Å². The van der Waals surface area contributed by atoms with E-state index >= 15 is 0 Å². The summed E-state index contributed by atoms with van der Waals surface area (Å²) >= 11 is 0. The van der Waals surface area contributed by atoms with Crippen molar-refractivity contribution in [2.45, 2.75) is 85.9 Å². The molecular weight excluding hydrogens is 262 g/mol. The molecule has 3 N–H and O–H groups in total. The van der Waals surface area contributed by atoms with Gasteiger partial charge in [0.1, 0.15) is 0 Å². The molecule has 4 heteroatoms. The van der Waals surface area contributed by atoms with Crippen molar-refractivity contribution in [3.8, 4) is 0 Å². The van der Waals surface area contributed by atoms with E-state index in [1.54, 1.807) is 0 Å². The Labute approximate surface area is 130 Å². The van der Waals surface area contributed by atoms with Gasteiger partial charge in [-0.2, -0.15) is 0 Å². The maximum absolute atomic E-state index is 10.2. The first-order chi connectivity index (χ1) is 9.51. The van der Waals surface area contributed by atoms with Gasteiger partial charge in [-0.05, 0) is 57.8 Å². The van der Waals surface area contributed by atoms with Crippen molar-refractivity contribution in [2.75, 3.05) is 6.54 Å². The van der Waals surface area contributed by atoms with Crippen LogP contribution in [0.4, 0.5) is 0 Å². The monoisotopic (exact) mass is 297 g/mol. The molecule has 1 aliphatic rings. The van der Waals surface area contributed by atoms with Gasteiger partial charge in [0, 0.05) is 18.6 Å². The zero-order valence-corrected chi connectivity index (χ0v) is 15.0. The van der Waals surface area contributed by atoms with E-state index in [0.717, 1.165) is 31.8 Å². The highest BCUT2D eigenvalue weighted by Crippen LogP contribution is 2.45. The van der Waals surface area contributed by atoms with Crippen molar-refractivity contribution < 1.29 is 5.11 Å². The Bertz CT molecular complexity index is 363. The molecule has 0 aliphatic heterocycles. The first-order valence-electron chi connectivity index (χ1n) is 8.28. The zero-order valence-electron chi connectivity index (χ0n) is 15.0. The molecule has 1 rings (SSSR count). The van der Waals surface area contributed by atoms with Crippen molar-refractivity contribution >= 4 is 5.96 Å². The van der Waals surface area contributed by atoms with Gasteiger partial charge in [-0.3, -0.25) is 4.99 Å². The lowest BCUT2D eigenvalue weighted by atomic mass is 9.63. The molecule has 2 atom stereocenters. The van der Waals surface area contributed by atoms with Crippen molar-refractivity contribution in [3.63, 3.8) is 0 Å². The molecule has 1 saturated carbocycles. The Morgan fingerprint density at radius 1 is 1.19 bits per heavy atom. The maximum Gasteiger partial charge on any atom is 0.191 e. The summed E-state index contributed by atoms with van der Waals surface area (Å²) < 4.78 is 0. The van der Waals surface area contributed by atoms with E-state index in [4.69, 9.17) is 0 Å². The Hall–Kier alpha value is -0.770. The van der Waals surface area contributed by atoms with Gasteiger partial charge in [-0.25, -0.2) is 0 Å². The molecule has 4 nitrogen and oxygen atoms in total. The van der Waals surface area contributed by atoms with Crippen LogP contribution in [0.25, 0.3) is 0 Å². The number of aliphatic hydroxyl groups is 1. The average Bonchev–Trinajstić information content (AvgIpc) is 2.20. The highest BCUT2D eigenvalue weighted by Gasteiger charge is 2.40. The van der Waals surface area contributed by atoms with Crippen LogP contribution in [0.1, 0.15) is 67.7 Å². The van der Waals surface area contributed by atoms with Crippen LogP contribution in [0.5, 0.6) is 0 Å². The zero-order chi connectivity index (χ0) is 16.3. The molecule has 0 radical (unpaired) electrons. The summed E-state index contributed by atoms with van der Waals surface area (Å²) in [4.78, 5) is 4.62. The van der Waals surface area contributed by atoms with Crippen LogP contribution in [-0.2, 0) is 0 Å². The number of nitrogens with zero attached hydrogens (tertiary/aromatic N) is 1. The van der Waals surface area contributed by atoms with Gasteiger partial charge in [-0.1, -0.05) is 20.8 Å². The third-order valence-electron chi connectivity index (χ3n) is 3.92. The topological polar surface area (TPSA) is 56.7 Å². The fourth-order valence-electron chi connectivity index (χ4n) is 3.68. The fraction of sp³-hybridized carbons (Fsp3) is 0.941. The predicted molar refractivity (Wildman–Crippen MR) is 90.6 cm³/mol. The number of nitrogens with one attached hydrogen (secondary N) is 2. The Kier molecular flexibility index (Phi) is 6.09. The predicted octanol–water partition coefficient (Wildman–Crippen LogP) is 2.92. The van der Waals surface area contributed by atoms with Crippen LogP contribution < -0.4 is 10.6 Å². The molecule has 1 fully saturated rings. The van der Waals surface area contributed by atoms with Crippen molar-refractivity contribution in [1.82, 2.24) is 10.6 Å². The van der Waals surface area contributed by atoms with E-state index in [-0.39, 0.29) is 23.0 Å². The van der Waals surface area contributed by atoms with E-state index < -0.39 is 0 Å². The SMILES string of the molecule is CC(C)/N=C(\NCC1(C)CC(O)CC(C)(C)C1)NC(C)C. The quantitative estimate of drug-likeness (QED) is 0.552. The van der Waals surface area contributed by atoms with Gasteiger partial charge in [0.2, 0.25) is 0 Å². The molecule has 0 spiro atoms. The molecule has 0 heterocycles. The molecule has 2 unspecified atom stereocenters. The molecule has 0 saturated heterocycles. The van der Waals surface area contributed by atoms with Crippen LogP contribution in [0.15, 0.2) is 4.99 Å². The summed E-state index contributed by atoms with van der Waals surface area (Å²) in [6, 6.07) is 0.621. The summed E-state index contributed by atoms with van der Waals surface area (Å²) in [6.45, 7) is 16.0. The maximum atomic E-state index is 10.2. The average molecular weight is 297 g/mol. The number of rotatable bonds is 4. The molecule has 0 aromatic heterocycles. The minimum absolute atomic E-state index is 0.109. The summed E-state index contributed by atoms with van der Waals surface area (Å²) in [5, 5.41) is 17.0. The highest BCUT2D eigenvalue weighted by atomic mass is 16.3. The fourth-order valence-corrected chi connectivity index (χ4v) is 3.68. The minimum atomic E-state index is -0.191.